The first-order chi connectivity index (χ1) is 4.85. The van der Waals surface area contributed by atoms with E-state index in [1.165, 1.54) is 0 Å². The van der Waals surface area contributed by atoms with Crippen LogP contribution in [0.1, 0.15) is 19.3 Å². The zero-order chi connectivity index (χ0) is 7.82. The van der Waals surface area contributed by atoms with E-state index in [-0.39, 0.29) is 6.04 Å². The van der Waals surface area contributed by atoms with Crippen LogP contribution in [0.4, 0.5) is 0 Å². The molecular formula is C7H16N2O. The maximum atomic E-state index is 10.2. The normalized spacial score (nSPS) is 13.0. The highest BCUT2D eigenvalue weighted by Crippen LogP contribution is 1.96. The zero-order valence-corrected chi connectivity index (χ0v) is 6.47. The van der Waals surface area contributed by atoms with Crippen molar-refractivity contribution in [2.75, 3.05) is 13.6 Å². The smallest absolute Gasteiger partial charge is 0.136 e. The number of aldehydes is 1. The predicted molar refractivity (Wildman–Crippen MR) is 41.8 cm³/mol. The molecule has 0 bridgehead atoms. The molecule has 0 aromatic rings. The fraction of sp³-hybridized carbons (Fsp3) is 0.857. The summed E-state index contributed by atoms with van der Waals surface area (Å²) in [5.41, 5.74) is 5.29. The topological polar surface area (TPSA) is 55.1 Å². The van der Waals surface area contributed by atoms with Gasteiger partial charge in [-0.2, -0.15) is 0 Å². The van der Waals surface area contributed by atoms with Gasteiger partial charge < -0.3 is 15.8 Å². The molecule has 0 aliphatic heterocycles. The number of carbonyl (C=O) groups excluding carboxylic acids is 1. The van der Waals surface area contributed by atoms with Crippen molar-refractivity contribution in [3.05, 3.63) is 0 Å². The minimum Gasteiger partial charge on any atom is -0.330 e. The zero-order valence-electron chi connectivity index (χ0n) is 6.47. The average Bonchev–Trinajstić information content (AvgIpc) is 1.99. The van der Waals surface area contributed by atoms with Crippen molar-refractivity contribution in [1.29, 1.82) is 0 Å². The minimum absolute atomic E-state index is 0.0200. The summed E-state index contributed by atoms with van der Waals surface area (Å²) in [6.07, 6.45) is 3.88. The van der Waals surface area contributed by atoms with Gasteiger partial charge in [-0.3, -0.25) is 0 Å². The van der Waals surface area contributed by atoms with Crippen LogP contribution >= 0.6 is 0 Å². The number of nitrogens with one attached hydrogen (secondary N) is 1. The first-order valence-corrected chi connectivity index (χ1v) is 3.67. The number of carbonyl (C=O) groups is 1. The van der Waals surface area contributed by atoms with Crippen LogP contribution in [0.3, 0.4) is 0 Å². The molecule has 10 heavy (non-hydrogen) atoms. The van der Waals surface area contributed by atoms with Crippen molar-refractivity contribution in [3.63, 3.8) is 0 Å². The van der Waals surface area contributed by atoms with E-state index in [1.54, 1.807) is 7.05 Å². The van der Waals surface area contributed by atoms with E-state index in [0.717, 1.165) is 32.1 Å². The number of likely N-dealkylation sites (N-methyl/N-ethyl adjacent to an activating group) is 1. The van der Waals surface area contributed by atoms with Gasteiger partial charge in [0.05, 0.1) is 6.04 Å². The number of hydrogen-bond acceptors (Lipinski definition) is 3. The highest BCUT2D eigenvalue weighted by atomic mass is 16.1. The highest BCUT2D eigenvalue weighted by Gasteiger charge is 2.00. The van der Waals surface area contributed by atoms with Crippen molar-refractivity contribution < 1.29 is 4.79 Å². The van der Waals surface area contributed by atoms with Crippen molar-refractivity contribution in [2.45, 2.75) is 25.3 Å². The van der Waals surface area contributed by atoms with E-state index in [1.807, 2.05) is 0 Å². The van der Waals surface area contributed by atoms with E-state index in [4.69, 9.17) is 5.73 Å². The Morgan fingerprint density at radius 2 is 2.30 bits per heavy atom. The Morgan fingerprint density at radius 3 is 2.70 bits per heavy atom. The van der Waals surface area contributed by atoms with Gasteiger partial charge in [0.1, 0.15) is 6.29 Å². The quantitative estimate of drug-likeness (QED) is 0.404. The van der Waals surface area contributed by atoms with Crippen LogP contribution in [0, 0.1) is 0 Å². The molecule has 3 heteroatoms. The van der Waals surface area contributed by atoms with Gasteiger partial charge >= 0.3 is 0 Å². The van der Waals surface area contributed by atoms with E-state index >= 15 is 0 Å². The van der Waals surface area contributed by atoms with Crippen LogP contribution in [-0.4, -0.2) is 25.9 Å². The van der Waals surface area contributed by atoms with Crippen molar-refractivity contribution in [3.8, 4) is 0 Å². The maximum absolute atomic E-state index is 10.2. The van der Waals surface area contributed by atoms with Crippen LogP contribution in [-0.2, 0) is 4.79 Å². The molecule has 0 spiro atoms. The summed E-state index contributed by atoms with van der Waals surface area (Å²) in [4.78, 5) is 10.2. The van der Waals surface area contributed by atoms with Crippen molar-refractivity contribution in [1.82, 2.24) is 5.32 Å². The Hall–Kier alpha value is -0.410. The average molecular weight is 144 g/mol. The predicted octanol–water partition coefficient (Wildman–Crippen LogP) is -0.0977. The van der Waals surface area contributed by atoms with Crippen molar-refractivity contribution in [2.24, 2.45) is 5.73 Å². The molecule has 0 saturated heterocycles. The van der Waals surface area contributed by atoms with Crippen LogP contribution in [0.25, 0.3) is 0 Å². The van der Waals surface area contributed by atoms with Gasteiger partial charge in [-0.25, -0.2) is 0 Å². The fourth-order valence-corrected chi connectivity index (χ4v) is 0.789. The molecule has 0 amide bonds. The third-order valence-corrected chi connectivity index (χ3v) is 1.50. The SMILES string of the molecule is CNC(C=O)CCCCN. The summed E-state index contributed by atoms with van der Waals surface area (Å²) in [6, 6.07) is 0.0200. The Kier molecular flexibility index (Phi) is 6.43. The van der Waals surface area contributed by atoms with Crippen molar-refractivity contribution >= 4 is 6.29 Å². The van der Waals surface area contributed by atoms with Gasteiger partial charge in [-0.15, -0.1) is 0 Å². The Bertz CT molecular complexity index is 85.7. The molecule has 0 fully saturated rings. The van der Waals surface area contributed by atoms with Crippen LogP contribution in [0.2, 0.25) is 0 Å². The summed E-state index contributed by atoms with van der Waals surface area (Å²) in [7, 11) is 1.79. The Morgan fingerprint density at radius 1 is 1.60 bits per heavy atom. The molecule has 60 valence electrons. The van der Waals surface area contributed by atoms with Gasteiger partial charge in [0.2, 0.25) is 0 Å². The summed E-state index contributed by atoms with van der Waals surface area (Å²) in [5.74, 6) is 0. The highest BCUT2D eigenvalue weighted by molar-refractivity contribution is 5.57. The van der Waals surface area contributed by atoms with Gasteiger partial charge in [-0.1, -0.05) is 6.42 Å². The molecule has 1 unspecified atom stereocenters. The lowest BCUT2D eigenvalue weighted by atomic mass is 10.1. The van der Waals surface area contributed by atoms with E-state index in [9.17, 15) is 4.79 Å². The summed E-state index contributed by atoms with van der Waals surface area (Å²) in [5, 5.41) is 2.90. The molecule has 0 aliphatic rings. The Labute approximate surface area is 62.0 Å². The van der Waals surface area contributed by atoms with E-state index in [0.29, 0.717) is 0 Å². The monoisotopic (exact) mass is 144 g/mol. The molecule has 0 aromatic heterocycles. The summed E-state index contributed by atoms with van der Waals surface area (Å²) in [6.45, 7) is 0.718. The fourth-order valence-electron chi connectivity index (χ4n) is 0.789. The Balaban J connectivity index is 3.17. The van der Waals surface area contributed by atoms with Gasteiger partial charge in [-0.05, 0) is 26.4 Å². The summed E-state index contributed by atoms with van der Waals surface area (Å²) >= 11 is 0. The number of hydrogen-bond donors (Lipinski definition) is 2. The third kappa shape index (κ3) is 4.47. The first kappa shape index (κ1) is 9.59. The molecule has 0 radical (unpaired) electrons. The van der Waals surface area contributed by atoms with Crippen LogP contribution < -0.4 is 11.1 Å². The van der Waals surface area contributed by atoms with E-state index < -0.39 is 0 Å². The minimum atomic E-state index is 0.0200. The molecule has 3 nitrogen and oxygen atoms in total. The second kappa shape index (κ2) is 6.71. The van der Waals surface area contributed by atoms with E-state index in [2.05, 4.69) is 5.32 Å². The molecule has 1 atom stereocenters. The van der Waals surface area contributed by atoms with Gasteiger partial charge in [0.25, 0.3) is 0 Å². The third-order valence-electron chi connectivity index (χ3n) is 1.50. The first-order valence-electron chi connectivity index (χ1n) is 3.67. The largest absolute Gasteiger partial charge is 0.330 e. The van der Waals surface area contributed by atoms with Crippen LogP contribution in [0.15, 0.2) is 0 Å². The molecule has 0 heterocycles. The van der Waals surface area contributed by atoms with Gasteiger partial charge in [0, 0.05) is 0 Å². The number of rotatable bonds is 6. The molecule has 0 aliphatic carbocycles. The number of nitrogens with two attached hydrogens (primary N) is 1. The molecule has 0 saturated carbocycles. The molecule has 3 N–H and O–H groups in total. The van der Waals surface area contributed by atoms with Gasteiger partial charge in [0.15, 0.2) is 0 Å². The summed E-state index contributed by atoms with van der Waals surface area (Å²) < 4.78 is 0. The van der Waals surface area contributed by atoms with Crippen LogP contribution in [0.5, 0.6) is 0 Å². The molecular weight excluding hydrogens is 128 g/mol. The lowest BCUT2D eigenvalue weighted by Gasteiger charge is -2.06. The molecule has 0 aromatic carbocycles. The lowest BCUT2D eigenvalue weighted by molar-refractivity contribution is -0.109. The standard InChI is InChI=1S/C7H16N2O/c1-9-7(6-10)4-2-3-5-8/h6-7,9H,2-5,8H2,1H3. The number of unbranched alkanes of at least 4 members (excludes halogenated alkanes) is 1. The second-order valence-corrected chi connectivity index (χ2v) is 2.32. The lowest BCUT2D eigenvalue weighted by Crippen LogP contribution is -2.26. The molecule has 0 rings (SSSR count). The maximum Gasteiger partial charge on any atom is 0.136 e. The second-order valence-electron chi connectivity index (χ2n) is 2.32.